The average Bonchev–Trinajstić information content (AvgIpc) is 4.13. The number of carbonyl (C=O) groups excluding carboxylic acids is 7. The standard InChI is InChI=1S/C42H62N16O9S3.HI/c1-7-23(38(64)49-11-9-29-53-27(17-68-29)42-55-26(16-69-42)39(65)48-10-8-12-70(5)6)54-37(63)20(3)32(60)21(4)52-41(67)31(33(61)25-15-47-18-51-25)57-40(66)30-19(2)34(45)58-36(56-30)24(13-28(44)59)50-14-22(43)35(46)62;/h15-18,20-24,31-33,50,60-61H,7-14,43H2,1-6H3,(H11-,44,45,46,47,48,49,51,52,54,56,57,58,59,62,63,64,65,66,67);1H/t20-,21+,22-,23-,24-,31-,32-,33-;/m0./s1. The first kappa shape index (κ1) is 59.9. The number of aromatic nitrogens is 6. The second kappa shape index (κ2) is 28.6. The monoisotopic (exact) mass is 1160 g/mol. The summed E-state index contributed by atoms with van der Waals surface area (Å²) in [6.07, 6.45) is 4.58. The van der Waals surface area contributed by atoms with Gasteiger partial charge in [-0.05, 0) is 31.2 Å². The summed E-state index contributed by atoms with van der Waals surface area (Å²) in [6.45, 7) is 6.49. The summed E-state index contributed by atoms with van der Waals surface area (Å²) < 4.78 is 0. The molecule has 0 aromatic carbocycles. The van der Waals surface area contributed by atoms with Crippen LogP contribution >= 0.6 is 22.7 Å². The highest BCUT2D eigenvalue weighted by Gasteiger charge is 2.36. The van der Waals surface area contributed by atoms with Gasteiger partial charge >= 0.3 is 0 Å². The number of aliphatic hydroxyl groups excluding tert-OH is 2. The molecule has 8 atom stereocenters. The van der Waals surface area contributed by atoms with Crippen molar-refractivity contribution in [2.45, 2.75) is 95.8 Å². The lowest BCUT2D eigenvalue weighted by Gasteiger charge is -2.29. The Morgan fingerprint density at radius 2 is 1.61 bits per heavy atom. The number of rotatable bonds is 28. The molecule has 4 heterocycles. The number of anilines is 1. The molecule has 0 saturated carbocycles. The van der Waals surface area contributed by atoms with Gasteiger partial charge in [0.15, 0.2) is 0 Å². The number of H-pyrrole nitrogens is 1. The first-order valence-electron chi connectivity index (χ1n) is 22.1. The maximum atomic E-state index is 13.9. The number of nitrogens with two attached hydrogens (primary N) is 4. The van der Waals surface area contributed by atoms with Crippen molar-refractivity contribution in [2.75, 3.05) is 43.6 Å². The highest BCUT2D eigenvalue weighted by Crippen LogP contribution is 2.26. The largest absolute Gasteiger partial charge is 1.00 e. The van der Waals surface area contributed by atoms with E-state index in [-0.39, 0.29) is 78.0 Å². The summed E-state index contributed by atoms with van der Waals surface area (Å²) in [5.41, 5.74) is 23.2. The average molecular weight is 1160 g/mol. The van der Waals surface area contributed by atoms with Crippen LogP contribution in [0.1, 0.15) is 95.2 Å². The molecular formula is C42H63IN16O9S3. The lowest BCUT2D eigenvalue weighted by Crippen LogP contribution is -3.00. The fourth-order valence-corrected chi connectivity index (χ4v) is 8.93. The summed E-state index contributed by atoms with van der Waals surface area (Å²) in [5, 5.41) is 43.6. The lowest BCUT2D eigenvalue weighted by atomic mass is 9.96. The van der Waals surface area contributed by atoms with Crippen LogP contribution in [0.4, 0.5) is 5.82 Å². The number of thiazole rings is 2. The van der Waals surface area contributed by atoms with Gasteiger partial charge in [0.2, 0.25) is 29.5 Å². The van der Waals surface area contributed by atoms with E-state index < -0.39 is 90.2 Å². The topological polar surface area (TPSA) is 416 Å². The number of primary amides is 2. The summed E-state index contributed by atoms with van der Waals surface area (Å²) in [7, 11) is 0.308. The van der Waals surface area contributed by atoms with Gasteiger partial charge < -0.3 is 94.0 Å². The number of nitrogens with one attached hydrogen (secondary N) is 7. The molecule has 0 fully saturated rings. The van der Waals surface area contributed by atoms with E-state index in [9.17, 15) is 43.8 Å². The van der Waals surface area contributed by atoms with E-state index >= 15 is 0 Å². The Morgan fingerprint density at radius 1 is 0.887 bits per heavy atom. The van der Waals surface area contributed by atoms with Crippen molar-refractivity contribution in [3.05, 3.63) is 56.8 Å². The fourth-order valence-electron chi connectivity index (χ4n) is 6.59. The molecule has 25 nitrogen and oxygen atoms in total. The van der Waals surface area contributed by atoms with Crippen LogP contribution in [0.25, 0.3) is 10.7 Å². The molecule has 0 aliphatic heterocycles. The molecule has 0 saturated heterocycles. The summed E-state index contributed by atoms with van der Waals surface area (Å²) in [4.78, 5) is 115. The number of hydrogen-bond acceptors (Lipinski definition) is 19. The van der Waals surface area contributed by atoms with E-state index in [4.69, 9.17) is 22.9 Å². The van der Waals surface area contributed by atoms with Crippen molar-refractivity contribution >= 4 is 80.7 Å². The molecule has 29 heteroatoms. The highest BCUT2D eigenvalue weighted by atomic mass is 127. The minimum Gasteiger partial charge on any atom is -1.00 e. The van der Waals surface area contributed by atoms with Crippen molar-refractivity contribution in [3.8, 4) is 10.7 Å². The maximum Gasteiger partial charge on any atom is 0.271 e. The molecule has 0 spiro atoms. The van der Waals surface area contributed by atoms with E-state index in [2.05, 4.69) is 74.3 Å². The molecule has 17 N–H and O–H groups in total. The van der Waals surface area contributed by atoms with Crippen LogP contribution in [0, 0.1) is 12.8 Å². The summed E-state index contributed by atoms with van der Waals surface area (Å²) in [6, 6.07) is -6.16. The van der Waals surface area contributed by atoms with Crippen molar-refractivity contribution in [1.82, 2.24) is 61.8 Å². The van der Waals surface area contributed by atoms with Crippen LogP contribution in [-0.4, -0.2) is 150 Å². The Balaban J connectivity index is 0.0000133. The van der Waals surface area contributed by atoms with Gasteiger partial charge in [-0.1, -0.05) is 13.8 Å². The number of nitrogen functional groups attached to an aromatic ring is 1. The van der Waals surface area contributed by atoms with Crippen molar-refractivity contribution in [1.29, 1.82) is 0 Å². The van der Waals surface area contributed by atoms with Gasteiger partial charge in [0.05, 0.1) is 65.9 Å². The van der Waals surface area contributed by atoms with Crippen molar-refractivity contribution in [3.63, 3.8) is 0 Å². The van der Waals surface area contributed by atoms with E-state index in [1.165, 1.54) is 56.0 Å². The number of halogens is 1. The quantitative estimate of drug-likeness (QED) is 0.0143. The zero-order chi connectivity index (χ0) is 51.8. The third-order valence-corrected chi connectivity index (χ3v) is 13.7. The predicted molar refractivity (Wildman–Crippen MR) is 264 cm³/mol. The fraction of sp³-hybridized carbons (Fsp3) is 0.524. The normalized spacial score (nSPS) is 14.6. The first-order chi connectivity index (χ1) is 33.1. The molecule has 71 heavy (non-hydrogen) atoms. The SMILES string of the molecule is CC[C@H](NC(=O)[C@@H](C)[C@H](O)[C@@H](C)NC(=O)[C@@H](NC(=O)c1nc([C@H](CC(N)=O)NC[C@H](N)C(N)=O)nc(N)c1C)[C@@H](O)c1cnc[nH]1)C(=O)NCCc1nc(-c2nc(C(=O)NCCC[S+](C)C)cs2)cs1.[I-]. The van der Waals surface area contributed by atoms with Crippen LogP contribution in [0.5, 0.6) is 0 Å². The molecule has 0 aliphatic carbocycles. The molecule has 0 radical (unpaired) electrons. The predicted octanol–water partition coefficient (Wildman–Crippen LogP) is -5.42. The molecule has 4 aromatic rings. The third-order valence-electron chi connectivity index (χ3n) is 10.8. The minimum atomic E-state index is -1.77. The maximum absolute atomic E-state index is 13.9. The Labute approximate surface area is 437 Å². The van der Waals surface area contributed by atoms with E-state index in [1.807, 2.05) is 5.38 Å². The number of aromatic amines is 1. The summed E-state index contributed by atoms with van der Waals surface area (Å²) in [5.74, 6) is -5.54. The van der Waals surface area contributed by atoms with Gasteiger partial charge in [-0.3, -0.25) is 33.6 Å². The molecule has 390 valence electrons. The van der Waals surface area contributed by atoms with Gasteiger partial charge in [-0.15, -0.1) is 22.7 Å². The van der Waals surface area contributed by atoms with E-state index in [0.717, 1.165) is 17.2 Å². The number of carbonyl (C=O) groups is 7. The Hall–Kier alpha value is -5.44. The molecule has 4 rings (SSSR count). The number of imidazole rings is 1. The smallest absolute Gasteiger partial charge is 0.271 e. The number of aliphatic hydroxyl groups is 2. The zero-order valence-electron chi connectivity index (χ0n) is 40.0. The van der Waals surface area contributed by atoms with Crippen molar-refractivity contribution < 1.29 is 67.8 Å². The van der Waals surface area contributed by atoms with Crippen LogP contribution in [-0.2, 0) is 41.3 Å². The molecule has 0 aliphatic rings. The number of nitrogens with zero attached hydrogens (tertiary/aromatic N) is 5. The second-order valence-electron chi connectivity index (χ2n) is 16.5. The molecule has 4 aromatic heterocycles. The van der Waals surface area contributed by atoms with Gasteiger partial charge in [-0.2, -0.15) is 0 Å². The van der Waals surface area contributed by atoms with Crippen LogP contribution in [0.3, 0.4) is 0 Å². The van der Waals surface area contributed by atoms with Gasteiger partial charge in [0, 0.05) is 55.2 Å². The third kappa shape index (κ3) is 17.7. The van der Waals surface area contributed by atoms with E-state index in [1.54, 1.807) is 12.3 Å². The zero-order valence-corrected chi connectivity index (χ0v) is 44.6. The summed E-state index contributed by atoms with van der Waals surface area (Å²) >= 11 is 2.69. The first-order valence-corrected chi connectivity index (χ1v) is 26.1. The second-order valence-corrected chi connectivity index (χ2v) is 20.7. The molecular weight excluding hydrogens is 1100 g/mol. The van der Waals surface area contributed by atoms with Gasteiger partial charge in [0.1, 0.15) is 57.7 Å². The van der Waals surface area contributed by atoms with Crippen molar-refractivity contribution in [2.24, 2.45) is 23.1 Å². The lowest BCUT2D eigenvalue weighted by molar-refractivity contribution is -0.134. The van der Waals surface area contributed by atoms with Gasteiger partial charge in [-0.25, -0.2) is 24.9 Å². The Morgan fingerprint density at radius 3 is 2.24 bits per heavy atom. The molecule has 0 unspecified atom stereocenters. The molecule has 7 amide bonds. The van der Waals surface area contributed by atoms with Crippen LogP contribution in [0.15, 0.2) is 23.3 Å². The minimum absolute atomic E-state index is 0. The Bertz CT molecular complexity index is 2440. The number of hydrogen-bond donors (Lipinski definition) is 13. The highest BCUT2D eigenvalue weighted by molar-refractivity contribution is 7.95. The molecule has 0 bridgehead atoms. The Kier molecular flexibility index (Phi) is 24.1. The number of amides is 7. The van der Waals surface area contributed by atoms with Crippen LogP contribution < -0.4 is 78.8 Å². The van der Waals surface area contributed by atoms with E-state index in [0.29, 0.717) is 40.3 Å². The van der Waals surface area contributed by atoms with Gasteiger partial charge in [0.25, 0.3) is 11.8 Å². The van der Waals surface area contributed by atoms with Crippen LogP contribution in [0.2, 0.25) is 0 Å².